The van der Waals surface area contributed by atoms with E-state index in [1.54, 1.807) is 0 Å². The molecule has 0 heterocycles. The smallest absolute Gasteiger partial charge is 0.311 e. The van der Waals surface area contributed by atoms with Crippen LogP contribution < -0.4 is 14.8 Å². The van der Waals surface area contributed by atoms with Gasteiger partial charge in [0.1, 0.15) is 11.8 Å². The molecule has 0 aliphatic rings. The van der Waals surface area contributed by atoms with Gasteiger partial charge in [0, 0.05) is 31.1 Å². The molecule has 0 bridgehead atoms. The number of hydrogen-bond donors (Lipinski definition) is 1. The van der Waals surface area contributed by atoms with E-state index in [9.17, 15) is 19.7 Å². The summed E-state index contributed by atoms with van der Waals surface area (Å²) in [4.78, 5) is 39.4. The van der Waals surface area contributed by atoms with Crippen molar-refractivity contribution in [2.75, 3.05) is 13.7 Å². The number of nitrogens with one attached hydrogen (secondary N) is 1. The normalized spacial score (nSPS) is 12.2. The monoisotopic (exact) mass is 533 g/mol. The summed E-state index contributed by atoms with van der Waals surface area (Å²) in [5.74, 6) is -0.375. The average Bonchev–Trinajstić information content (AvgIpc) is 2.94. The quantitative estimate of drug-likeness (QED) is 0.249. The summed E-state index contributed by atoms with van der Waals surface area (Å²) in [6, 6.07) is 20.5. The van der Waals surface area contributed by atoms with Crippen LogP contribution in [0.15, 0.2) is 72.8 Å². The number of hydrogen-bond acceptors (Lipinski definition) is 6. The summed E-state index contributed by atoms with van der Waals surface area (Å²) in [6.07, 6.45) is 1.08. The van der Waals surface area contributed by atoms with Crippen molar-refractivity contribution in [1.29, 1.82) is 0 Å². The van der Waals surface area contributed by atoms with Gasteiger partial charge < -0.3 is 19.7 Å². The topological polar surface area (TPSA) is 111 Å². The minimum absolute atomic E-state index is 0.0244. The van der Waals surface area contributed by atoms with Crippen molar-refractivity contribution in [3.05, 3.63) is 99.6 Å². The number of methoxy groups -OCH3 is 1. The highest BCUT2D eigenvalue weighted by atomic mass is 16.6. The second kappa shape index (κ2) is 13.9. The van der Waals surface area contributed by atoms with Crippen molar-refractivity contribution >= 4 is 17.5 Å². The first kappa shape index (κ1) is 29.2. The molecule has 0 aliphatic heterocycles. The molecular weight excluding hydrogens is 498 g/mol. The predicted octanol–water partition coefficient (Wildman–Crippen LogP) is 4.85. The third-order valence-electron chi connectivity index (χ3n) is 6.46. The lowest BCUT2D eigenvalue weighted by Crippen LogP contribution is -2.53. The van der Waals surface area contributed by atoms with Gasteiger partial charge in [-0.25, -0.2) is 0 Å². The van der Waals surface area contributed by atoms with Crippen molar-refractivity contribution < 1.29 is 24.0 Å². The van der Waals surface area contributed by atoms with Crippen molar-refractivity contribution in [2.24, 2.45) is 0 Å². The minimum atomic E-state index is -0.787. The maximum atomic E-state index is 13.7. The van der Waals surface area contributed by atoms with Crippen LogP contribution in [0, 0.1) is 17.0 Å². The Balaban J connectivity index is 1.91. The van der Waals surface area contributed by atoms with Gasteiger partial charge in [0.15, 0.2) is 6.61 Å². The lowest BCUT2D eigenvalue weighted by Gasteiger charge is -2.32. The van der Waals surface area contributed by atoms with Gasteiger partial charge >= 0.3 is 5.69 Å². The molecule has 0 radical (unpaired) electrons. The van der Waals surface area contributed by atoms with Gasteiger partial charge in [-0.05, 0) is 37.5 Å². The van der Waals surface area contributed by atoms with Gasteiger partial charge in [0.25, 0.3) is 5.91 Å². The standard InChI is InChI=1S/C30H35N3O6/c1-5-22(3)31-30(35)27(17-23-9-7-6-8-10-23)32(19-24-13-11-21(2)12-14-24)29(34)20-39-25-15-16-26(33(36)37)28(18-25)38-4/h6-16,18,22,27H,5,17,19-20H2,1-4H3,(H,31,35)/t22-,27-/m0/s1. The number of nitro groups is 1. The van der Waals surface area contributed by atoms with Gasteiger partial charge in [-0.1, -0.05) is 67.1 Å². The second-order valence-electron chi connectivity index (χ2n) is 9.41. The molecule has 0 saturated carbocycles. The van der Waals surface area contributed by atoms with Crippen LogP contribution in [0.4, 0.5) is 5.69 Å². The molecule has 0 spiro atoms. The molecule has 0 unspecified atom stereocenters. The number of rotatable bonds is 13. The van der Waals surface area contributed by atoms with E-state index in [4.69, 9.17) is 9.47 Å². The van der Waals surface area contributed by atoms with Gasteiger partial charge in [0.2, 0.25) is 11.7 Å². The molecule has 0 saturated heterocycles. The van der Waals surface area contributed by atoms with Crippen LogP contribution in [0.2, 0.25) is 0 Å². The third-order valence-corrected chi connectivity index (χ3v) is 6.46. The summed E-state index contributed by atoms with van der Waals surface area (Å²) in [5.41, 5.74) is 2.68. The van der Waals surface area contributed by atoms with Crippen molar-refractivity contribution in [3.8, 4) is 11.5 Å². The van der Waals surface area contributed by atoms with Crippen LogP contribution in [0.25, 0.3) is 0 Å². The van der Waals surface area contributed by atoms with Crippen molar-refractivity contribution in [3.63, 3.8) is 0 Å². The molecule has 0 aliphatic carbocycles. The van der Waals surface area contributed by atoms with Gasteiger partial charge in [-0.15, -0.1) is 0 Å². The van der Waals surface area contributed by atoms with Crippen molar-refractivity contribution in [1.82, 2.24) is 10.2 Å². The Hall–Kier alpha value is -4.40. The summed E-state index contributed by atoms with van der Waals surface area (Å²) < 4.78 is 10.8. The highest BCUT2D eigenvalue weighted by Gasteiger charge is 2.31. The van der Waals surface area contributed by atoms with E-state index in [0.29, 0.717) is 6.42 Å². The Bertz CT molecular complexity index is 1260. The molecule has 39 heavy (non-hydrogen) atoms. The van der Waals surface area contributed by atoms with E-state index in [1.807, 2.05) is 75.4 Å². The zero-order valence-electron chi connectivity index (χ0n) is 22.8. The van der Waals surface area contributed by atoms with E-state index in [0.717, 1.165) is 23.1 Å². The maximum absolute atomic E-state index is 13.7. The highest BCUT2D eigenvalue weighted by molar-refractivity contribution is 5.88. The summed E-state index contributed by atoms with van der Waals surface area (Å²) >= 11 is 0. The first-order chi connectivity index (χ1) is 18.7. The van der Waals surface area contributed by atoms with Crippen molar-refractivity contribution in [2.45, 2.75) is 52.2 Å². The lowest BCUT2D eigenvalue weighted by molar-refractivity contribution is -0.385. The van der Waals surface area contributed by atoms with Crippen LogP contribution in [0.3, 0.4) is 0 Å². The fourth-order valence-electron chi connectivity index (χ4n) is 4.01. The number of aryl methyl sites for hydroxylation is 1. The fraction of sp³-hybridized carbons (Fsp3) is 0.333. The molecule has 2 amide bonds. The molecule has 9 heteroatoms. The maximum Gasteiger partial charge on any atom is 0.311 e. The van der Waals surface area contributed by atoms with E-state index in [2.05, 4.69) is 5.32 Å². The SMILES string of the molecule is CC[C@H](C)NC(=O)[C@H](Cc1ccccc1)N(Cc1ccc(C)cc1)C(=O)COc1ccc([N+](=O)[O-])c(OC)c1. The first-order valence-corrected chi connectivity index (χ1v) is 12.9. The number of amides is 2. The van der Waals surface area contributed by atoms with E-state index in [1.165, 1.54) is 30.2 Å². The fourth-order valence-corrected chi connectivity index (χ4v) is 4.01. The highest BCUT2D eigenvalue weighted by Crippen LogP contribution is 2.30. The van der Waals surface area contributed by atoms with Crippen LogP contribution in [-0.2, 0) is 22.6 Å². The molecule has 0 aromatic heterocycles. The number of benzene rings is 3. The van der Waals surface area contributed by atoms with Crippen LogP contribution in [0.5, 0.6) is 11.5 Å². The molecular formula is C30H35N3O6. The zero-order chi connectivity index (χ0) is 28.4. The Morgan fingerprint density at radius 3 is 2.33 bits per heavy atom. The minimum Gasteiger partial charge on any atom is -0.490 e. The Labute approximate surface area is 228 Å². The lowest BCUT2D eigenvalue weighted by atomic mass is 10.0. The van der Waals surface area contributed by atoms with E-state index < -0.39 is 16.9 Å². The molecule has 3 aromatic carbocycles. The Kier molecular flexibility index (Phi) is 10.4. The molecule has 1 N–H and O–H groups in total. The van der Waals surface area contributed by atoms with Crippen LogP contribution in [-0.4, -0.2) is 47.4 Å². The molecule has 2 atom stereocenters. The van der Waals surface area contributed by atoms with Gasteiger partial charge in [-0.2, -0.15) is 0 Å². The molecule has 0 fully saturated rings. The van der Waals surface area contributed by atoms with E-state index in [-0.39, 0.29) is 42.3 Å². The summed E-state index contributed by atoms with van der Waals surface area (Å²) in [5, 5.41) is 14.2. The summed E-state index contributed by atoms with van der Waals surface area (Å²) in [6.45, 7) is 5.73. The number of ether oxygens (including phenoxy) is 2. The number of nitro benzene ring substituents is 1. The predicted molar refractivity (Wildman–Crippen MR) is 149 cm³/mol. The average molecular weight is 534 g/mol. The largest absolute Gasteiger partial charge is 0.490 e. The molecule has 3 rings (SSSR count). The second-order valence-corrected chi connectivity index (χ2v) is 9.41. The third kappa shape index (κ3) is 8.29. The molecule has 3 aromatic rings. The van der Waals surface area contributed by atoms with Crippen LogP contribution >= 0.6 is 0 Å². The van der Waals surface area contributed by atoms with Gasteiger partial charge in [-0.3, -0.25) is 19.7 Å². The number of nitrogens with zero attached hydrogens (tertiary/aromatic N) is 2. The van der Waals surface area contributed by atoms with Crippen LogP contribution in [0.1, 0.15) is 37.0 Å². The van der Waals surface area contributed by atoms with E-state index >= 15 is 0 Å². The first-order valence-electron chi connectivity index (χ1n) is 12.9. The Morgan fingerprint density at radius 2 is 1.72 bits per heavy atom. The number of carbonyl (C=O) groups excluding carboxylic acids is 2. The number of carbonyl (C=O) groups is 2. The molecule has 206 valence electrons. The molecule has 9 nitrogen and oxygen atoms in total. The zero-order valence-corrected chi connectivity index (χ0v) is 22.8. The Morgan fingerprint density at radius 1 is 1.03 bits per heavy atom. The summed E-state index contributed by atoms with van der Waals surface area (Å²) in [7, 11) is 1.32. The van der Waals surface area contributed by atoms with Gasteiger partial charge in [0.05, 0.1) is 12.0 Å².